The van der Waals surface area contributed by atoms with E-state index in [0.717, 1.165) is 11.3 Å². The molecule has 0 radical (unpaired) electrons. The number of methoxy groups -OCH3 is 1. The van der Waals surface area contributed by atoms with Crippen LogP contribution in [0.2, 0.25) is 0 Å². The van der Waals surface area contributed by atoms with Gasteiger partial charge in [-0.2, -0.15) is 0 Å². The number of thiophene rings is 1. The summed E-state index contributed by atoms with van der Waals surface area (Å²) >= 11 is 0.734. The fourth-order valence-corrected chi connectivity index (χ4v) is 2.86. The molecule has 1 aromatic rings. The molecule has 1 aromatic heterocycles. The minimum atomic E-state index is -0.858. The third kappa shape index (κ3) is 2.63. The third-order valence-corrected chi connectivity index (χ3v) is 4.02. The summed E-state index contributed by atoms with van der Waals surface area (Å²) in [7, 11) is 1.20. The van der Waals surface area contributed by atoms with E-state index in [2.05, 4.69) is 4.74 Å². The van der Waals surface area contributed by atoms with Gasteiger partial charge in [0.2, 0.25) is 0 Å². The van der Waals surface area contributed by atoms with Crippen molar-refractivity contribution in [3.63, 3.8) is 0 Å². The number of nitrogens with zero attached hydrogens (tertiary/aromatic N) is 2. The molecule has 2 heterocycles. The molecule has 2 rings (SSSR count). The molecule has 20 heavy (non-hydrogen) atoms. The van der Waals surface area contributed by atoms with Crippen LogP contribution < -0.4 is 0 Å². The van der Waals surface area contributed by atoms with Crippen LogP contribution in [0.5, 0.6) is 0 Å². The van der Waals surface area contributed by atoms with E-state index in [4.69, 9.17) is 0 Å². The maximum atomic E-state index is 12.3. The molecule has 0 bridgehead atoms. The van der Waals surface area contributed by atoms with Crippen LogP contribution >= 0.6 is 11.3 Å². The molecule has 1 amide bonds. The van der Waals surface area contributed by atoms with Gasteiger partial charge in [0.15, 0.2) is 0 Å². The van der Waals surface area contributed by atoms with Crippen molar-refractivity contribution in [3.8, 4) is 0 Å². The lowest BCUT2D eigenvalue weighted by molar-refractivity contribution is -0.380. The first-order valence-corrected chi connectivity index (χ1v) is 6.56. The Balaban J connectivity index is 2.21. The summed E-state index contributed by atoms with van der Waals surface area (Å²) in [4.78, 5) is 35.2. The number of rotatable bonds is 3. The van der Waals surface area contributed by atoms with Gasteiger partial charge in [0.25, 0.3) is 5.91 Å². The number of amides is 1. The van der Waals surface area contributed by atoms with Gasteiger partial charge in [0, 0.05) is 19.0 Å². The minimum Gasteiger partial charge on any atom is -0.467 e. The number of ether oxygens (including phenoxy) is 1. The fourth-order valence-electron chi connectivity index (χ4n) is 2.08. The smallest absolute Gasteiger partial charge is 0.328 e. The number of β-amino-alcohol motifs (C(OH)–C–C–N with tert-alkyl or cyclic N) is 1. The maximum absolute atomic E-state index is 12.3. The average molecular weight is 300 g/mol. The number of carbonyl (C=O) groups excluding carboxylic acids is 2. The number of hydrogen-bond acceptors (Lipinski definition) is 7. The van der Waals surface area contributed by atoms with E-state index in [0.29, 0.717) is 0 Å². The topological polar surface area (TPSA) is 110 Å². The summed E-state index contributed by atoms with van der Waals surface area (Å²) < 4.78 is 4.59. The van der Waals surface area contributed by atoms with Crippen molar-refractivity contribution in [1.82, 2.24) is 4.90 Å². The molecule has 1 N–H and O–H groups in total. The summed E-state index contributed by atoms with van der Waals surface area (Å²) in [5.41, 5.74) is 0. The number of carbonyl (C=O) groups is 2. The highest BCUT2D eigenvalue weighted by Crippen LogP contribution is 2.28. The van der Waals surface area contributed by atoms with Gasteiger partial charge in [-0.1, -0.05) is 11.3 Å². The van der Waals surface area contributed by atoms with Gasteiger partial charge in [-0.05, 0) is 6.07 Å². The average Bonchev–Trinajstić information content (AvgIpc) is 3.03. The second-order valence-electron chi connectivity index (χ2n) is 4.28. The number of likely N-dealkylation sites (tertiary alicyclic amines) is 1. The van der Waals surface area contributed by atoms with Crippen LogP contribution in [0.4, 0.5) is 5.00 Å². The van der Waals surface area contributed by atoms with Crippen LogP contribution in [0.1, 0.15) is 16.1 Å². The Bertz CT molecular complexity index is 557. The summed E-state index contributed by atoms with van der Waals surface area (Å²) in [6, 6.07) is 1.71. The summed E-state index contributed by atoms with van der Waals surface area (Å²) in [6.45, 7) is 0.00426. The van der Waals surface area contributed by atoms with Gasteiger partial charge in [0.1, 0.15) is 6.04 Å². The number of aliphatic hydroxyl groups is 1. The van der Waals surface area contributed by atoms with E-state index in [9.17, 15) is 24.8 Å². The van der Waals surface area contributed by atoms with E-state index in [-0.39, 0.29) is 22.8 Å². The Morgan fingerprint density at radius 3 is 2.80 bits per heavy atom. The Morgan fingerprint density at radius 1 is 1.55 bits per heavy atom. The molecular formula is C11H12N2O6S. The van der Waals surface area contributed by atoms with Crippen LogP contribution in [-0.2, 0) is 9.53 Å². The first kappa shape index (κ1) is 14.4. The summed E-state index contributed by atoms with van der Waals surface area (Å²) in [5, 5.41) is 20.1. The monoisotopic (exact) mass is 300 g/mol. The normalized spacial score (nSPS) is 21.8. The van der Waals surface area contributed by atoms with Gasteiger partial charge in [-0.15, -0.1) is 0 Å². The Kier molecular flexibility index (Phi) is 4.00. The second-order valence-corrected chi connectivity index (χ2v) is 5.34. The molecule has 108 valence electrons. The molecule has 9 heteroatoms. The molecule has 0 aromatic carbocycles. The van der Waals surface area contributed by atoms with Crippen molar-refractivity contribution in [3.05, 3.63) is 27.1 Å². The molecular weight excluding hydrogens is 288 g/mol. The number of nitro groups is 1. The van der Waals surface area contributed by atoms with Gasteiger partial charge in [-0.25, -0.2) is 4.79 Å². The summed E-state index contributed by atoms with van der Waals surface area (Å²) in [6.07, 6.45) is -0.704. The zero-order valence-electron chi connectivity index (χ0n) is 10.5. The largest absolute Gasteiger partial charge is 0.467 e. The number of hydrogen-bond donors (Lipinski definition) is 1. The van der Waals surface area contributed by atoms with Gasteiger partial charge in [-0.3, -0.25) is 14.9 Å². The van der Waals surface area contributed by atoms with Gasteiger partial charge < -0.3 is 14.7 Å². The molecule has 0 spiro atoms. The van der Waals surface area contributed by atoms with Crippen LogP contribution in [0, 0.1) is 10.1 Å². The molecule has 0 saturated carbocycles. The highest BCUT2D eigenvalue weighted by molar-refractivity contribution is 7.17. The van der Waals surface area contributed by atoms with Crippen LogP contribution in [0.3, 0.4) is 0 Å². The zero-order valence-corrected chi connectivity index (χ0v) is 11.3. The van der Waals surface area contributed by atoms with Crippen molar-refractivity contribution in [2.45, 2.75) is 18.6 Å². The predicted octanol–water partition coefficient (Wildman–Crippen LogP) is 0.405. The van der Waals surface area contributed by atoms with E-state index in [1.165, 1.54) is 24.1 Å². The molecule has 2 atom stereocenters. The molecule has 0 aliphatic carbocycles. The number of esters is 1. The van der Waals surface area contributed by atoms with Crippen molar-refractivity contribution < 1.29 is 24.4 Å². The molecule has 2 unspecified atom stereocenters. The highest BCUT2D eigenvalue weighted by atomic mass is 32.1. The van der Waals surface area contributed by atoms with Crippen LogP contribution in [-0.4, -0.2) is 52.6 Å². The Morgan fingerprint density at radius 2 is 2.25 bits per heavy atom. The summed E-state index contributed by atoms with van der Waals surface area (Å²) in [5.74, 6) is -1.13. The number of aliphatic hydroxyl groups excluding tert-OH is 1. The maximum Gasteiger partial charge on any atom is 0.328 e. The third-order valence-electron chi connectivity index (χ3n) is 3.00. The molecule has 1 fully saturated rings. The van der Waals surface area contributed by atoms with E-state index in [1.54, 1.807) is 0 Å². The lowest BCUT2D eigenvalue weighted by Gasteiger charge is -2.21. The first-order valence-electron chi connectivity index (χ1n) is 5.75. The van der Waals surface area contributed by atoms with Gasteiger partial charge in [0.05, 0.1) is 23.0 Å². The van der Waals surface area contributed by atoms with Crippen molar-refractivity contribution in [1.29, 1.82) is 0 Å². The Hall–Kier alpha value is -2.00. The van der Waals surface area contributed by atoms with E-state index >= 15 is 0 Å². The first-order chi connectivity index (χ1) is 9.43. The SMILES string of the molecule is COC(=O)C1CC(O)CN1C(=O)c1ccc([N+](=O)[O-])s1. The quantitative estimate of drug-likeness (QED) is 0.491. The molecule has 1 aliphatic heterocycles. The lowest BCUT2D eigenvalue weighted by atomic mass is 10.2. The minimum absolute atomic E-state index is 0.00426. The predicted molar refractivity (Wildman–Crippen MR) is 68.4 cm³/mol. The Labute approximate surface area is 117 Å². The fraction of sp³-hybridized carbons (Fsp3) is 0.455. The van der Waals surface area contributed by atoms with Gasteiger partial charge >= 0.3 is 11.0 Å². The lowest BCUT2D eigenvalue weighted by Crippen LogP contribution is -2.40. The van der Waals surface area contributed by atoms with Crippen LogP contribution in [0.15, 0.2) is 12.1 Å². The van der Waals surface area contributed by atoms with Crippen LogP contribution in [0.25, 0.3) is 0 Å². The van der Waals surface area contributed by atoms with E-state index in [1.807, 2.05) is 0 Å². The zero-order chi connectivity index (χ0) is 14.9. The van der Waals surface area contributed by atoms with Crippen molar-refractivity contribution in [2.75, 3.05) is 13.7 Å². The van der Waals surface area contributed by atoms with Crippen molar-refractivity contribution in [2.24, 2.45) is 0 Å². The standard InChI is InChI=1S/C11H12N2O6S/c1-19-11(16)7-4-6(14)5-12(7)10(15)8-2-3-9(20-8)13(17)18/h2-3,6-7,14H,4-5H2,1H3. The molecule has 1 saturated heterocycles. The van der Waals surface area contributed by atoms with E-state index < -0.39 is 28.9 Å². The molecule has 1 aliphatic rings. The second kappa shape index (κ2) is 5.55. The van der Waals surface area contributed by atoms with Crippen molar-refractivity contribution >= 4 is 28.2 Å². The highest BCUT2D eigenvalue weighted by Gasteiger charge is 2.40. The molecule has 8 nitrogen and oxygen atoms in total.